The molecule has 19 heavy (non-hydrogen) atoms. The van der Waals surface area contributed by atoms with Crippen molar-refractivity contribution in [3.05, 3.63) is 40.5 Å². The van der Waals surface area contributed by atoms with Crippen molar-refractivity contribution in [2.24, 2.45) is 0 Å². The number of nitro benzene ring substituents is 1. The molecule has 0 unspecified atom stereocenters. The Bertz CT molecular complexity index is 504. The number of nitro groups is 1. The molecule has 1 aromatic rings. The van der Waals surface area contributed by atoms with Crippen LogP contribution in [0.15, 0.2) is 24.8 Å². The number of hydrogen-bond acceptors (Lipinski definition) is 3. The van der Waals surface area contributed by atoms with Crippen molar-refractivity contribution in [2.45, 2.75) is 38.9 Å². The van der Waals surface area contributed by atoms with Gasteiger partial charge in [-0.1, -0.05) is 33.4 Å². The zero-order chi connectivity index (χ0) is 14.8. The highest BCUT2D eigenvalue weighted by Gasteiger charge is 2.39. The average molecular weight is 279 g/mol. The van der Waals surface area contributed by atoms with Gasteiger partial charge in [-0.05, 0) is 30.3 Å². The van der Waals surface area contributed by atoms with Gasteiger partial charge in [-0.25, -0.2) is 0 Å². The van der Waals surface area contributed by atoms with E-state index in [4.69, 9.17) is 4.43 Å². The summed E-state index contributed by atoms with van der Waals surface area (Å²) in [7, 11) is -1.93. The van der Waals surface area contributed by atoms with Gasteiger partial charge in [0.05, 0.1) is 10.5 Å². The van der Waals surface area contributed by atoms with E-state index in [1.54, 1.807) is 12.1 Å². The summed E-state index contributed by atoms with van der Waals surface area (Å²) in [5.74, 6) is 0.673. The van der Waals surface area contributed by atoms with Crippen LogP contribution in [0.2, 0.25) is 18.1 Å². The van der Waals surface area contributed by atoms with Crippen LogP contribution >= 0.6 is 0 Å². The highest BCUT2D eigenvalue weighted by molar-refractivity contribution is 6.74. The lowest BCUT2D eigenvalue weighted by molar-refractivity contribution is -0.385. The lowest BCUT2D eigenvalue weighted by Crippen LogP contribution is -2.43. The topological polar surface area (TPSA) is 52.4 Å². The predicted molar refractivity (Wildman–Crippen MR) is 81.0 cm³/mol. The monoisotopic (exact) mass is 279 g/mol. The van der Waals surface area contributed by atoms with Crippen molar-refractivity contribution in [3.63, 3.8) is 0 Å². The Labute approximate surface area is 115 Å². The van der Waals surface area contributed by atoms with Gasteiger partial charge in [0.25, 0.3) is 5.69 Å². The van der Waals surface area contributed by atoms with E-state index in [9.17, 15) is 10.1 Å². The first kappa shape index (κ1) is 15.4. The van der Waals surface area contributed by atoms with Gasteiger partial charge in [0, 0.05) is 6.07 Å². The SMILES string of the molecule is C=Cc1cc(O[Si](C)(C)C(C)(C)C)ccc1[N+](=O)[O-]. The fraction of sp³-hybridized carbons (Fsp3) is 0.429. The maximum atomic E-state index is 10.9. The van der Waals surface area contributed by atoms with Crippen molar-refractivity contribution in [1.29, 1.82) is 0 Å². The molecule has 0 fully saturated rings. The smallest absolute Gasteiger partial charge is 0.276 e. The van der Waals surface area contributed by atoms with Crippen molar-refractivity contribution in [1.82, 2.24) is 0 Å². The second kappa shape index (κ2) is 5.17. The van der Waals surface area contributed by atoms with Crippen LogP contribution in [0.1, 0.15) is 26.3 Å². The molecule has 0 heterocycles. The number of nitrogens with zero attached hydrogens (tertiary/aromatic N) is 1. The van der Waals surface area contributed by atoms with Gasteiger partial charge < -0.3 is 4.43 Å². The van der Waals surface area contributed by atoms with E-state index >= 15 is 0 Å². The predicted octanol–water partition coefficient (Wildman–Crippen LogP) is 4.62. The normalized spacial score (nSPS) is 12.1. The first-order valence-corrected chi connectivity index (χ1v) is 9.09. The molecular weight excluding hydrogens is 258 g/mol. The molecule has 0 aromatic heterocycles. The Kier molecular flexibility index (Phi) is 4.20. The standard InChI is InChI=1S/C14H21NO3Si/c1-7-11-10-12(8-9-13(11)15(16)17)18-19(5,6)14(2,3)4/h7-10H,1H2,2-6H3. The summed E-state index contributed by atoms with van der Waals surface area (Å²) in [6, 6.07) is 4.82. The molecule has 4 nitrogen and oxygen atoms in total. The van der Waals surface area contributed by atoms with Crippen LogP contribution in [0.25, 0.3) is 6.08 Å². The molecule has 0 saturated carbocycles. The summed E-state index contributed by atoms with van der Waals surface area (Å²) in [4.78, 5) is 10.5. The molecule has 0 aliphatic carbocycles. The summed E-state index contributed by atoms with van der Waals surface area (Å²) >= 11 is 0. The van der Waals surface area contributed by atoms with Crippen LogP contribution in [0.3, 0.4) is 0 Å². The molecule has 0 amide bonds. The molecule has 0 bridgehead atoms. The van der Waals surface area contributed by atoms with Crippen molar-refractivity contribution >= 4 is 20.1 Å². The van der Waals surface area contributed by atoms with Gasteiger partial charge in [0.1, 0.15) is 5.75 Å². The summed E-state index contributed by atoms with van der Waals surface area (Å²) in [5.41, 5.74) is 0.541. The van der Waals surface area contributed by atoms with Gasteiger partial charge >= 0.3 is 0 Å². The fourth-order valence-corrected chi connectivity index (χ4v) is 2.40. The summed E-state index contributed by atoms with van der Waals surface area (Å²) < 4.78 is 6.11. The van der Waals surface area contributed by atoms with Crippen molar-refractivity contribution in [3.8, 4) is 5.75 Å². The molecule has 1 aromatic carbocycles. The summed E-state index contributed by atoms with van der Waals surface area (Å²) in [6.07, 6.45) is 1.48. The van der Waals surface area contributed by atoms with E-state index in [0.717, 1.165) is 0 Å². The van der Waals surface area contributed by atoms with Gasteiger partial charge in [-0.15, -0.1) is 0 Å². The zero-order valence-electron chi connectivity index (χ0n) is 12.2. The largest absolute Gasteiger partial charge is 0.543 e. The maximum Gasteiger partial charge on any atom is 0.276 e. The fourth-order valence-electron chi connectivity index (χ4n) is 1.37. The lowest BCUT2D eigenvalue weighted by Gasteiger charge is -2.36. The third-order valence-electron chi connectivity index (χ3n) is 3.59. The minimum Gasteiger partial charge on any atom is -0.543 e. The molecule has 0 aliphatic rings. The van der Waals surface area contributed by atoms with E-state index in [2.05, 4.69) is 40.4 Å². The van der Waals surface area contributed by atoms with Crippen LogP contribution in [0.5, 0.6) is 5.75 Å². The van der Waals surface area contributed by atoms with Gasteiger partial charge in [-0.2, -0.15) is 0 Å². The third kappa shape index (κ3) is 3.44. The van der Waals surface area contributed by atoms with Gasteiger partial charge in [-0.3, -0.25) is 10.1 Å². The minimum absolute atomic E-state index is 0.0533. The molecule has 1 rings (SSSR count). The maximum absolute atomic E-state index is 10.9. The van der Waals surface area contributed by atoms with Crippen LogP contribution in [0.4, 0.5) is 5.69 Å². The molecule has 104 valence electrons. The minimum atomic E-state index is -1.93. The Morgan fingerprint density at radius 3 is 2.37 bits per heavy atom. The van der Waals surface area contributed by atoms with Gasteiger partial charge in [0.2, 0.25) is 8.32 Å². The second-order valence-electron chi connectivity index (χ2n) is 6.04. The Morgan fingerprint density at radius 2 is 1.95 bits per heavy atom. The number of rotatable bonds is 4. The Morgan fingerprint density at radius 1 is 1.37 bits per heavy atom. The number of benzene rings is 1. The highest BCUT2D eigenvalue weighted by atomic mass is 28.4. The zero-order valence-corrected chi connectivity index (χ0v) is 13.2. The molecular formula is C14H21NO3Si. The van der Waals surface area contributed by atoms with Gasteiger partial charge in [0.15, 0.2) is 0 Å². The first-order valence-electron chi connectivity index (χ1n) is 6.18. The molecule has 0 saturated heterocycles. The van der Waals surface area contributed by atoms with Crippen LogP contribution in [-0.2, 0) is 0 Å². The van der Waals surface area contributed by atoms with E-state index in [-0.39, 0.29) is 10.7 Å². The third-order valence-corrected chi connectivity index (χ3v) is 7.95. The molecule has 0 radical (unpaired) electrons. The summed E-state index contributed by atoms with van der Waals surface area (Å²) in [6.45, 7) is 14.3. The molecule has 5 heteroatoms. The second-order valence-corrected chi connectivity index (χ2v) is 10.8. The van der Waals surface area contributed by atoms with E-state index in [0.29, 0.717) is 11.3 Å². The van der Waals surface area contributed by atoms with Crippen LogP contribution in [0, 0.1) is 10.1 Å². The molecule has 0 spiro atoms. The summed E-state index contributed by atoms with van der Waals surface area (Å²) in [5, 5.41) is 10.9. The number of hydrogen-bond donors (Lipinski definition) is 0. The molecule has 0 aliphatic heterocycles. The van der Waals surface area contributed by atoms with Crippen LogP contribution < -0.4 is 4.43 Å². The quantitative estimate of drug-likeness (QED) is 0.459. The Hall–Kier alpha value is -1.62. The van der Waals surface area contributed by atoms with E-state index in [1.165, 1.54) is 12.1 Å². The van der Waals surface area contributed by atoms with Crippen molar-refractivity contribution < 1.29 is 9.35 Å². The van der Waals surface area contributed by atoms with Crippen LogP contribution in [-0.4, -0.2) is 13.2 Å². The molecule has 0 atom stereocenters. The Balaban J connectivity index is 3.11. The first-order chi connectivity index (χ1) is 8.58. The highest BCUT2D eigenvalue weighted by Crippen LogP contribution is 2.38. The van der Waals surface area contributed by atoms with Crippen molar-refractivity contribution in [2.75, 3.05) is 0 Å². The van der Waals surface area contributed by atoms with E-state index in [1.807, 2.05) is 0 Å². The lowest BCUT2D eigenvalue weighted by atomic mass is 10.2. The average Bonchev–Trinajstić information content (AvgIpc) is 2.26. The van der Waals surface area contributed by atoms with E-state index < -0.39 is 13.2 Å². The molecule has 0 N–H and O–H groups in total.